The minimum atomic E-state index is 0.897. The molecule has 18 heavy (non-hydrogen) atoms. The van der Waals surface area contributed by atoms with Gasteiger partial charge in [0.1, 0.15) is 5.82 Å². The summed E-state index contributed by atoms with van der Waals surface area (Å²) in [6.07, 6.45) is 3.84. The van der Waals surface area contributed by atoms with Gasteiger partial charge in [0.05, 0.1) is 0 Å². The van der Waals surface area contributed by atoms with Gasteiger partial charge in [-0.15, -0.1) is 0 Å². The van der Waals surface area contributed by atoms with Crippen LogP contribution in [0.5, 0.6) is 0 Å². The van der Waals surface area contributed by atoms with Crippen molar-refractivity contribution in [1.82, 2.24) is 9.55 Å². The predicted molar refractivity (Wildman–Crippen MR) is 76.2 cm³/mol. The third kappa shape index (κ3) is 3.03. The van der Waals surface area contributed by atoms with E-state index >= 15 is 0 Å². The number of imidazole rings is 1. The molecule has 1 N–H and O–H groups in total. The van der Waals surface area contributed by atoms with Gasteiger partial charge in [0.15, 0.2) is 0 Å². The quantitative estimate of drug-likeness (QED) is 0.876. The summed E-state index contributed by atoms with van der Waals surface area (Å²) >= 11 is 0. The number of rotatable bonds is 5. The monoisotopic (exact) mass is 244 g/mol. The average molecular weight is 244 g/mol. The molecular formula is C14H20N4. The van der Waals surface area contributed by atoms with Gasteiger partial charge in [-0.3, -0.25) is 0 Å². The standard InChI is InChI=1S/C14H20N4/c1-12-15-7-9-18(12)10-8-16-13-5-4-6-14(11-13)17(2)3/h4-7,9,11,16H,8,10H2,1-3H3. The van der Waals surface area contributed by atoms with E-state index < -0.39 is 0 Å². The summed E-state index contributed by atoms with van der Waals surface area (Å²) in [4.78, 5) is 6.31. The van der Waals surface area contributed by atoms with Gasteiger partial charge in [-0.2, -0.15) is 0 Å². The number of aromatic nitrogens is 2. The lowest BCUT2D eigenvalue weighted by Gasteiger charge is -2.14. The van der Waals surface area contributed by atoms with Gasteiger partial charge in [0, 0.05) is 51.0 Å². The molecule has 96 valence electrons. The maximum atomic E-state index is 4.21. The van der Waals surface area contributed by atoms with E-state index in [1.807, 2.05) is 33.4 Å². The van der Waals surface area contributed by atoms with Gasteiger partial charge in [-0.25, -0.2) is 4.98 Å². The highest BCUT2D eigenvalue weighted by molar-refractivity contribution is 5.57. The Bertz CT molecular complexity index is 502. The van der Waals surface area contributed by atoms with E-state index in [4.69, 9.17) is 0 Å². The summed E-state index contributed by atoms with van der Waals surface area (Å²) in [6.45, 7) is 3.85. The van der Waals surface area contributed by atoms with Crippen LogP contribution in [0.4, 0.5) is 11.4 Å². The van der Waals surface area contributed by atoms with Gasteiger partial charge < -0.3 is 14.8 Å². The van der Waals surface area contributed by atoms with E-state index in [1.165, 1.54) is 5.69 Å². The second-order valence-corrected chi connectivity index (χ2v) is 4.54. The highest BCUT2D eigenvalue weighted by Gasteiger charge is 1.98. The lowest BCUT2D eigenvalue weighted by atomic mass is 10.2. The first kappa shape index (κ1) is 12.5. The number of hydrogen-bond donors (Lipinski definition) is 1. The first-order valence-electron chi connectivity index (χ1n) is 6.16. The summed E-state index contributed by atoms with van der Waals surface area (Å²) < 4.78 is 2.14. The molecule has 0 saturated heterocycles. The zero-order valence-electron chi connectivity index (χ0n) is 11.2. The van der Waals surface area contributed by atoms with Crippen molar-refractivity contribution in [3.05, 3.63) is 42.5 Å². The van der Waals surface area contributed by atoms with Crippen LogP contribution in [0.1, 0.15) is 5.82 Å². The lowest BCUT2D eigenvalue weighted by Crippen LogP contribution is -2.12. The maximum Gasteiger partial charge on any atom is 0.105 e. The molecular weight excluding hydrogens is 224 g/mol. The molecule has 1 heterocycles. The fourth-order valence-electron chi connectivity index (χ4n) is 1.85. The molecule has 0 aliphatic heterocycles. The Morgan fingerprint density at radius 1 is 1.33 bits per heavy atom. The van der Waals surface area contributed by atoms with Crippen LogP contribution in [0.2, 0.25) is 0 Å². The molecule has 0 aliphatic rings. The number of aryl methyl sites for hydroxylation is 1. The van der Waals surface area contributed by atoms with Crippen molar-refractivity contribution in [1.29, 1.82) is 0 Å². The van der Waals surface area contributed by atoms with Crippen LogP contribution in [0.3, 0.4) is 0 Å². The molecule has 0 radical (unpaired) electrons. The van der Waals surface area contributed by atoms with Gasteiger partial charge in [-0.1, -0.05) is 6.07 Å². The molecule has 0 saturated carbocycles. The topological polar surface area (TPSA) is 33.1 Å². The Labute approximate surface area is 108 Å². The molecule has 0 aliphatic carbocycles. The van der Waals surface area contributed by atoms with Crippen molar-refractivity contribution in [2.75, 3.05) is 30.9 Å². The Hall–Kier alpha value is -1.97. The average Bonchev–Trinajstić information content (AvgIpc) is 2.76. The van der Waals surface area contributed by atoms with Crippen LogP contribution >= 0.6 is 0 Å². The van der Waals surface area contributed by atoms with Crippen LogP contribution in [-0.4, -0.2) is 30.2 Å². The van der Waals surface area contributed by atoms with Crippen LogP contribution in [0, 0.1) is 6.92 Å². The van der Waals surface area contributed by atoms with Crippen LogP contribution in [0.15, 0.2) is 36.7 Å². The Balaban J connectivity index is 1.90. The molecule has 1 aromatic carbocycles. The van der Waals surface area contributed by atoms with Crippen LogP contribution < -0.4 is 10.2 Å². The Morgan fingerprint density at radius 2 is 2.17 bits per heavy atom. The largest absolute Gasteiger partial charge is 0.383 e. The van der Waals surface area contributed by atoms with E-state index in [0.29, 0.717) is 0 Å². The molecule has 0 unspecified atom stereocenters. The number of nitrogens with zero attached hydrogens (tertiary/aromatic N) is 3. The first-order valence-corrected chi connectivity index (χ1v) is 6.16. The van der Waals surface area contributed by atoms with Crippen molar-refractivity contribution >= 4 is 11.4 Å². The normalized spacial score (nSPS) is 10.4. The third-order valence-electron chi connectivity index (χ3n) is 2.97. The molecule has 0 bridgehead atoms. The summed E-state index contributed by atoms with van der Waals surface area (Å²) in [7, 11) is 4.10. The van der Waals surface area contributed by atoms with Crippen LogP contribution in [0.25, 0.3) is 0 Å². The van der Waals surface area contributed by atoms with E-state index in [-0.39, 0.29) is 0 Å². The van der Waals surface area contributed by atoms with Crippen LogP contribution in [-0.2, 0) is 6.54 Å². The highest BCUT2D eigenvalue weighted by atomic mass is 15.1. The smallest absolute Gasteiger partial charge is 0.105 e. The second-order valence-electron chi connectivity index (χ2n) is 4.54. The van der Waals surface area contributed by atoms with Crippen molar-refractivity contribution in [2.45, 2.75) is 13.5 Å². The summed E-state index contributed by atoms with van der Waals surface area (Å²) in [5.74, 6) is 1.05. The summed E-state index contributed by atoms with van der Waals surface area (Å²) in [5.41, 5.74) is 2.36. The summed E-state index contributed by atoms with van der Waals surface area (Å²) in [5, 5.41) is 3.43. The molecule has 2 rings (SSSR count). The first-order chi connectivity index (χ1) is 8.66. The Kier molecular flexibility index (Phi) is 3.87. The minimum Gasteiger partial charge on any atom is -0.383 e. The zero-order chi connectivity index (χ0) is 13.0. The fourth-order valence-corrected chi connectivity index (χ4v) is 1.85. The predicted octanol–water partition coefficient (Wildman–Crippen LogP) is 2.37. The van der Waals surface area contributed by atoms with Gasteiger partial charge in [-0.05, 0) is 25.1 Å². The molecule has 1 aromatic heterocycles. The fraction of sp³-hybridized carbons (Fsp3) is 0.357. The van der Waals surface area contributed by atoms with Crippen molar-refractivity contribution in [3.63, 3.8) is 0 Å². The Morgan fingerprint density at radius 3 is 2.83 bits per heavy atom. The van der Waals surface area contributed by atoms with Gasteiger partial charge in [0.2, 0.25) is 0 Å². The zero-order valence-corrected chi connectivity index (χ0v) is 11.2. The minimum absolute atomic E-state index is 0.897. The maximum absolute atomic E-state index is 4.21. The molecule has 2 aromatic rings. The molecule has 0 atom stereocenters. The van der Waals surface area contributed by atoms with Crippen molar-refractivity contribution < 1.29 is 0 Å². The second kappa shape index (κ2) is 5.58. The van der Waals surface area contributed by atoms with Gasteiger partial charge in [0.25, 0.3) is 0 Å². The highest BCUT2D eigenvalue weighted by Crippen LogP contribution is 2.16. The number of hydrogen-bond acceptors (Lipinski definition) is 3. The molecule has 0 spiro atoms. The van der Waals surface area contributed by atoms with Gasteiger partial charge >= 0.3 is 0 Å². The van der Waals surface area contributed by atoms with Crippen molar-refractivity contribution in [2.24, 2.45) is 0 Å². The number of nitrogens with one attached hydrogen (secondary N) is 1. The van der Waals surface area contributed by atoms with Crippen molar-refractivity contribution in [3.8, 4) is 0 Å². The molecule has 4 heteroatoms. The lowest BCUT2D eigenvalue weighted by molar-refractivity contribution is 0.701. The molecule has 0 amide bonds. The SMILES string of the molecule is Cc1nccn1CCNc1cccc(N(C)C)c1. The number of benzene rings is 1. The van der Waals surface area contributed by atoms with E-state index in [9.17, 15) is 0 Å². The number of anilines is 2. The van der Waals surface area contributed by atoms with E-state index in [2.05, 4.69) is 44.0 Å². The molecule has 4 nitrogen and oxygen atoms in total. The van der Waals surface area contributed by atoms with E-state index in [1.54, 1.807) is 0 Å². The molecule has 0 fully saturated rings. The van der Waals surface area contributed by atoms with E-state index in [0.717, 1.165) is 24.6 Å². The third-order valence-corrected chi connectivity index (χ3v) is 2.97. The summed E-state index contributed by atoms with van der Waals surface area (Å²) in [6, 6.07) is 8.42.